The van der Waals surface area contributed by atoms with E-state index in [9.17, 15) is 4.79 Å². The first-order chi connectivity index (χ1) is 12.7. The van der Waals surface area contributed by atoms with Crippen LogP contribution in [0.4, 0.5) is 0 Å². The van der Waals surface area contributed by atoms with Gasteiger partial charge in [-0.05, 0) is 43.2 Å². The number of amides is 1. The van der Waals surface area contributed by atoms with E-state index in [2.05, 4.69) is 16.4 Å². The summed E-state index contributed by atoms with van der Waals surface area (Å²) in [5, 5.41) is 17.0. The third-order valence-corrected chi connectivity index (χ3v) is 5.31. The molecule has 0 radical (unpaired) electrons. The lowest BCUT2D eigenvalue weighted by Gasteiger charge is -2.35. The lowest BCUT2D eigenvalue weighted by Crippen LogP contribution is -2.47. The average molecular weight is 356 g/mol. The number of nitrogens with zero attached hydrogens (tertiary/aromatic N) is 4. The molecule has 1 aromatic heterocycles. The molecule has 1 unspecified atom stereocenters. The van der Waals surface area contributed by atoms with Crippen LogP contribution in [0.2, 0.25) is 0 Å². The first-order valence-electron chi connectivity index (χ1n) is 9.26. The molecule has 1 amide bonds. The maximum Gasteiger partial charge on any atom is 0.263 e. The largest absolute Gasteiger partial charge is 0.480 e. The van der Waals surface area contributed by atoms with Crippen LogP contribution in [0.5, 0.6) is 5.75 Å². The fourth-order valence-corrected chi connectivity index (χ4v) is 3.80. The number of aliphatic hydroxyl groups excluding tert-OH is 1. The van der Waals surface area contributed by atoms with E-state index in [0.29, 0.717) is 11.6 Å². The van der Waals surface area contributed by atoms with Crippen LogP contribution in [-0.4, -0.2) is 50.1 Å². The smallest absolute Gasteiger partial charge is 0.263 e. The van der Waals surface area contributed by atoms with Crippen molar-refractivity contribution in [3.63, 3.8) is 0 Å². The van der Waals surface area contributed by atoms with Crippen LogP contribution in [-0.2, 0) is 24.4 Å². The SMILES string of the molecule is O=C(C1CCc2ccccc2O1)N1CCC(Cn2cc(CO)nn2)CC1. The molecule has 0 saturated carbocycles. The third-order valence-electron chi connectivity index (χ3n) is 5.31. The number of rotatable bonds is 4. The summed E-state index contributed by atoms with van der Waals surface area (Å²) >= 11 is 0. The number of hydrogen-bond donors (Lipinski definition) is 1. The number of carbonyl (C=O) groups excluding carboxylic acids is 1. The number of aromatic nitrogens is 3. The van der Waals surface area contributed by atoms with Gasteiger partial charge in [0.15, 0.2) is 6.10 Å². The Morgan fingerprint density at radius 3 is 2.81 bits per heavy atom. The van der Waals surface area contributed by atoms with Gasteiger partial charge in [-0.1, -0.05) is 23.4 Å². The fourth-order valence-electron chi connectivity index (χ4n) is 3.80. The highest BCUT2D eigenvalue weighted by atomic mass is 16.5. The van der Waals surface area contributed by atoms with Gasteiger partial charge in [-0.3, -0.25) is 9.48 Å². The van der Waals surface area contributed by atoms with Gasteiger partial charge in [0.1, 0.15) is 11.4 Å². The van der Waals surface area contributed by atoms with Gasteiger partial charge in [0.25, 0.3) is 5.91 Å². The first-order valence-corrected chi connectivity index (χ1v) is 9.26. The van der Waals surface area contributed by atoms with E-state index in [-0.39, 0.29) is 18.6 Å². The van der Waals surface area contributed by atoms with Crippen molar-refractivity contribution in [3.05, 3.63) is 41.7 Å². The van der Waals surface area contributed by atoms with Gasteiger partial charge in [-0.2, -0.15) is 0 Å². The third kappa shape index (κ3) is 3.58. The van der Waals surface area contributed by atoms with Crippen molar-refractivity contribution in [1.29, 1.82) is 0 Å². The molecule has 1 saturated heterocycles. The molecule has 2 aliphatic rings. The minimum atomic E-state index is -0.358. The number of likely N-dealkylation sites (tertiary alicyclic amines) is 1. The maximum absolute atomic E-state index is 12.8. The van der Waals surface area contributed by atoms with Crippen LogP contribution in [0.25, 0.3) is 0 Å². The van der Waals surface area contributed by atoms with Crippen LogP contribution in [0, 0.1) is 5.92 Å². The Labute approximate surface area is 152 Å². The topological polar surface area (TPSA) is 80.5 Å². The first kappa shape index (κ1) is 17.0. The van der Waals surface area contributed by atoms with Gasteiger partial charge in [0.05, 0.1) is 12.8 Å². The van der Waals surface area contributed by atoms with Crippen LogP contribution in [0.1, 0.15) is 30.5 Å². The van der Waals surface area contributed by atoms with E-state index >= 15 is 0 Å². The zero-order chi connectivity index (χ0) is 17.9. The molecule has 7 heteroatoms. The molecular weight excluding hydrogens is 332 g/mol. The normalized spacial score (nSPS) is 20.5. The van der Waals surface area contributed by atoms with Crippen LogP contribution >= 0.6 is 0 Å². The summed E-state index contributed by atoms with van der Waals surface area (Å²) in [4.78, 5) is 14.8. The van der Waals surface area contributed by atoms with E-state index in [4.69, 9.17) is 9.84 Å². The predicted molar refractivity (Wildman–Crippen MR) is 94.4 cm³/mol. The molecule has 7 nitrogen and oxygen atoms in total. The number of aliphatic hydroxyl groups is 1. The van der Waals surface area contributed by atoms with E-state index in [1.54, 1.807) is 10.9 Å². The minimum Gasteiger partial charge on any atom is -0.480 e. The molecule has 26 heavy (non-hydrogen) atoms. The number of piperidine rings is 1. The van der Waals surface area contributed by atoms with Gasteiger partial charge in [-0.25, -0.2) is 0 Å². The standard InChI is InChI=1S/C19H24N4O3/c24-13-16-12-23(21-20-16)11-14-7-9-22(10-8-14)19(25)18-6-5-15-3-1-2-4-17(15)26-18/h1-4,12,14,18,24H,5-11,13H2. The number of benzene rings is 1. The van der Waals surface area contributed by atoms with Gasteiger partial charge < -0.3 is 14.7 Å². The summed E-state index contributed by atoms with van der Waals surface area (Å²) in [7, 11) is 0. The molecule has 138 valence electrons. The zero-order valence-electron chi connectivity index (χ0n) is 14.8. The summed E-state index contributed by atoms with van der Waals surface area (Å²) in [6.45, 7) is 2.21. The van der Waals surface area contributed by atoms with Crippen LogP contribution in [0.15, 0.2) is 30.5 Å². The summed E-state index contributed by atoms with van der Waals surface area (Å²) in [6.07, 6.45) is 4.96. The van der Waals surface area contributed by atoms with Crippen molar-refractivity contribution in [2.45, 2.75) is 44.9 Å². The van der Waals surface area contributed by atoms with Crippen molar-refractivity contribution in [2.75, 3.05) is 13.1 Å². The Morgan fingerprint density at radius 2 is 2.04 bits per heavy atom. The Kier molecular flexibility index (Phi) is 4.88. The number of hydrogen-bond acceptors (Lipinski definition) is 5. The lowest BCUT2D eigenvalue weighted by atomic mass is 9.95. The highest BCUT2D eigenvalue weighted by molar-refractivity contribution is 5.81. The summed E-state index contributed by atoms with van der Waals surface area (Å²) in [6, 6.07) is 7.96. The Balaban J connectivity index is 1.30. The number of ether oxygens (including phenoxy) is 1. The molecule has 0 spiro atoms. The highest BCUT2D eigenvalue weighted by Gasteiger charge is 2.32. The second kappa shape index (κ2) is 7.45. The van der Waals surface area contributed by atoms with Gasteiger partial charge in [0.2, 0.25) is 0 Å². The van der Waals surface area contributed by atoms with Crippen LogP contribution in [0.3, 0.4) is 0 Å². The minimum absolute atomic E-state index is 0.0858. The molecule has 2 aliphatic heterocycles. The fraction of sp³-hybridized carbons (Fsp3) is 0.526. The van der Waals surface area contributed by atoms with Crippen molar-refractivity contribution in [3.8, 4) is 5.75 Å². The molecule has 1 fully saturated rings. The molecular formula is C19H24N4O3. The molecule has 3 heterocycles. The Morgan fingerprint density at radius 1 is 1.23 bits per heavy atom. The molecule has 4 rings (SSSR count). The molecule has 0 bridgehead atoms. The Bertz CT molecular complexity index is 768. The Hall–Kier alpha value is -2.41. The predicted octanol–water partition coefficient (Wildman–Crippen LogP) is 1.40. The quantitative estimate of drug-likeness (QED) is 0.896. The molecule has 1 N–H and O–H groups in total. The average Bonchev–Trinajstić information content (AvgIpc) is 3.15. The number of fused-ring (bicyclic) bond motifs is 1. The molecule has 1 atom stereocenters. The van der Waals surface area contributed by atoms with E-state index in [1.165, 1.54) is 5.56 Å². The number of para-hydroxylation sites is 1. The maximum atomic E-state index is 12.8. The second-order valence-corrected chi connectivity index (χ2v) is 7.11. The zero-order valence-corrected chi connectivity index (χ0v) is 14.8. The van der Waals surface area contributed by atoms with Crippen LogP contribution < -0.4 is 4.74 Å². The summed E-state index contributed by atoms with van der Waals surface area (Å²) < 4.78 is 7.73. The number of carbonyl (C=O) groups is 1. The van der Waals surface area contributed by atoms with Crippen molar-refractivity contribution in [1.82, 2.24) is 19.9 Å². The monoisotopic (exact) mass is 356 g/mol. The van der Waals surface area contributed by atoms with Gasteiger partial charge >= 0.3 is 0 Å². The lowest BCUT2D eigenvalue weighted by molar-refractivity contribution is -0.141. The second-order valence-electron chi connectivity index (χ2n) is 7.11. The van der Waals surface area contributed by atoms with Gasteiger partial charge in [0, 0.05) is 19.6 Å². The van der Waals surface area contributed by atoms with E-state index in [1.807, 2.05) is 23.1 Å². The summed E-state index contributed by atoms with van der Waals surface area (Å²) in [5.41, 5.74) is 1.78. The van der Waals surface area contributed by atoms with Crippen molar-refractivity contribution in [2.24, 2.45) is 5.92 Å². The summed E-state index contributed by atoms with van der Waals surface area (Å²) in [5.74, 6) is 1.43. The number of aryl methyl sites for hydroxylation is 1. The molecule has 0 aliphatic carbocycles. The van der Waals surface area contributed by atoms with E-state index in [0.717, 1.165) is 51.1 Å². The molecule has 1 aromatic carbocycles. The van der Waals surface area contributed by atoms with Crippen molar-refractivity contribution < 1.29 is 14.6 Å². The highest BCUT2D eigenvalue weighted by Crippen LogP contribution is 2.29. The van der Waals surface area contributed by atoms with E-state index < -0.39 is 0 Å². The van der Waals surface area contributed by atoms with Crippen molar-refractivity contribution >= 4 is 5.91 Å². The van der Waals surface area contributed by atoms with Gasteiger partial charge in [-0.15, -0.1) is 5.10 Å². The molecule has 2 aromatic rings.